The minimum atomic E-state index is -0.648. The summed E-state index contributed by atoms with van der Waals surface area (Å²) in [5.74, 6) is -1.83. The predicted molar refractivity (Wildman–Crippen MR) is 132 cm³/mol. The van der Waals surface area contributed by atoms with Crippen LogP contribution in [0.3, 0.4) is 0 Å². The first kappa shape index (κ1) is 28.3. The van der Waals surface area contributed by atoms with Gasteiger partial charge in [-0.1, -0.05) is 12.1 Å². The number of ketones is 1. The molecule has 0 aliphatic heterocycles. The molecular weight excluding hydrogens is 486 g/mol. The van der Waals surface area contributed by atoms with Crippen LogP contribution >= 0.6 is 11.3 Å². The van der Waals surface area contributed by atoms with Crippen LogP contribution in [-0.2, 0) is 30.2 Å². The van der Waals surface area contributed by atoms with Crippen molar-refractivity contribution in [2.24, 2.45) is 0 Å². The zero-order chi connectivity index (χ0) is 26.7. The van der Waals surface area contributed by atoms with Crippen LogP contribution in [0.5, 0.6) is 5.75 Å². The zero-order valence-corrected chi connectivity index (χ0v) is 21.4. The number of thiophene rings is 1. The zero-order valence-electron chi connectivity index (χ0n) is 20.5. The quantitative estimate of drug-likeness (QED) is 0.178. The highest BCUT2D eigenvalue weighted by Crippen LogP contribution is 2.31. The molecule has 0 bridgehead atoms. The molecule has 36 heavy (non-hydrogen) atoms. The van der Waals surface area contributed by atoms with Crippen molar-refractivity contribution in [1.82, 2.24) is 0 Å². The molecule has 2 aromatic rings. The van der Waals surface area contributed by atoms with E-state index < -0.39 is 23.7 Å². The van der Waals surface area contributed by atoms with Crippen LogP contribution in [0.2, 0.25) is 0 Å². The van der Waals surface area contributed by atoms with E-state index in [1.165, 1.54) is 6.08 Å². The Labute approximate surface area is 213 Å². The van der Waals surface area contributed by atoms with Crippen molar-refractivity contribution in [3.63, 3.8) is 0 Å². The number of allylic oxidation sites excluding steroid dienone is 1. The summed E-state index contributed by atoms with van der Waals surface area (Å²) in [4.78, 5) is 49.8. The van der Waals surface area contributed by atoms with E-state index in [-0.39, 0.29) is 48.9 Å². The van der Waals surface area contributed by atoms with Crippen LogP contribution in [0.25, 0.3) is 6.08 Å². The second-order valence-corrected chi connectivity index (χ2v) is 8.33. The predicted octanol–water partition coefficient (Wildman–Crippen LogP) is 4.07. The molecule has 0 aliphatic rings. The third-order valence-electron chi connectivity index (χ3n) is 4.76. The van der Waals surface area contributed by atoms with Gasteiger partial charge in [-0.15, -0.1) is 11.3 Å². The minimum Gasteiger partial charge on any atom is -0.482 e. The molecule has 1 aromatic carbocycles. The molecule has 0 amide bonds. The summed E-state index contributed by atoms with van der Waals surface area (Å²) >= 11 is 0.977. The maximum atomic E-state index is 13.0. The van der Waals surface area contributed by atoms with Gasteiger partial charge < -0.3 is 18.9 Å². The lowest BCUT2D eigenvalue weighted by Crippen LogP contribution is -2.14. The van der Waals surface area contributed by atoms with Crippen molar-refractivity contribution in [2.75, 3.05) is 26.4 Å². The van der Waals surface area contributed by atoms with Crippen molar-refractivity contribution < 1.29 is 38.1 Å². The maximum Gasteiger partial charge on any atom is 0.348 e. The summed E-state index contributed by atoms with van der Waals surface area (Å²) in [5, 5.41) is 9.59. The number of hydrogen-bond donors (Lipinski definition) is 0. The van der Waals surface area contributed by atoms with Crippen LogP contribution in [0, 0.1) is 18.3 Å². The number of carbonyl (C=O) groups excluding carboxylic acids is 4. The highest BCUT2D eigenvalue weighted by atomic mass is 32.1. The van der Waals surface area contributed by atoms with E-state index >= 15 is 0 Å². The highest BCUT2D eigenvalue weighted by Gasteiger charge is 2.28. The van der Waals surface area contributed by atoms with Crippen LogP contribution < -0.4 is 4.74 Å². The van der Waals surface area contributed by atoms with Crippen molar-refractivity contribution in [1.29, 1.82) is 5.26 Å². The molecule has 9 nitrogen and oxygen atoms in total. The first-order valence-electron chi connectivity index (χ1n) is 11.3. The fourth-order valence-electron chi connectivity index (χ4n) is 3.15. The normalized spacial score (nSPS) is 10.8. The van der Waals surface area contributed by atoms with Gasteiger partial charge in [0.15, 0.2) is 12.4 Å². The number of hydrogen-bond acceptors (Lipinski definition) is 10. The minimum absolute atomic E-state index is 0.124. The largest absolute Gasteiger partial charge is 0.482 e. The molecule has 0 spiro atoms. The molecule has 0 radical (unpaired) electrons. The SMILES string of the molecule is CCOC(=O)COc1ccc(/C=C(\C#N)C(=O)Cc2sc(C(=O)OCC)c(C)c2C(=O)OCC)cc1. The van der Waals surface area contributed by atoms with E-state index in [0.717, 1.165) is 11.3 Å². The van der Waals surface area contributed by atoms with Gasteiger partial charge in [0, 0.05) is 11.3 Å². The van der Waals surface area contributed by atoms with E-state index in [1.54, 1.807) is 52.0 Å². The van der Waals surface area contributed by atoms with Crippen molar-refractivity contribution in [3.05, 3.63) is 56.3 Å². The average Bonchev–Trinajstić information content (AvgIpc) is 3.18. The smallest absolute Gasteiger partial charge is 0.348 e. The van der Waals surface area contributed by atoms with Crippen molar-refractivity contribution >= 4 is 41.1 Å². The van der Waals surface area contributed by atoms with E-state index in [4.69, 9.17) is 18.9 Å². The number of rotatable bonds is 12. The Morgan fingerprint density at radius 1 is 0.944 bits per heavy atom. The molecule has 0 N–H and O–H groups in total. The number of Topliss-reactive ketones (excluding diaryl/α,β-unsaturated/α-hetero) is 1. The topological polar surface area (TPSA) is 129 Å². The Kier molecular flexibility index (Phi) is 10.8. The molecule has 0 saturated heterocycles. The third-order valence-corrected chi connectivity index (χ3v) is 6.03. The summed E-state index contributed by atoms with van der Waals surface area (Å²) in [7, 11) is 0. The molecule has 2 rings (SSSR count). The molecule has 10 heteroatoms. The van der Waals surface area contributed by atoms with Crippen molar-refractivity contribution in [2.45, 2.75) is 34.1 Å². The molecule has 0 fully saturated rings. The van der Waals surface area contributed by atoms with Gasteiger partial charge in [0.05, 0.1) is 31.0 Å². The van der Waals surface area contributed by atoms with Gasteiger partial charge in [0.1, 0.15) is 16.7 Å². The van der Waals surface area contributed by atoms with Gasteiger partial charge in [-0.3, -0.25) is 4.79 Å². The summed E-state index contributed by atoms with van der Waals surface area (Å²) in [5.41, 5.74) is 0.941. The fraction of sp³-hybridized carbons (Fsp3) is 0.346. The molecule has 1 aromatic heterocycles. The number of nitriles is 1. The monoisotopic (exact) mass is 513 g/mol. The van der Waals surface area contributed by atoms with Gasteiger partial charge in [-0.05, 0) is 57.0 Å². The molecule has 0 aliphatic carbocycles. The van der Waals surface area contributed by atoms with Crippen LogP contribution in [0.4, 0.5) is 0 Å². The maximum absolute atomic E-state index is 13.0. The summed E-state index contributed by atoms with van der Waals surface area (Å²) < 4.78 is 20.3. The summed E-state index contributed by atoms with van der Waals surface area (Å²) in [6.45, 7) is 6.92. The fourth-order valence-corrected chi connectivity index (χ4v) is 4.33. The molecule has 0 unspecified atom stereocenters. The van der Waals surface area contributed by atoms with Gasteiger partial charge in [-0.2, -0.15) is 5.26 Å². The molecular formula is C26H27NO8S. The molecule has 1 heterocycles. The van der Waals surface area contributed by atoms with E-state index in [1.807, 2.05) is 6.07 Å². The van der Waals surface area contributed by atoms with Gasteiger partial charge >= 0.3 is 17.9 Å². The highest BCUT2D eigenvalue weighted by molar-refractivity contribution is 7.14. The number of ether oxygens (including phenoxy) is 4. The number of carbonyl (C=O) groups is 4. The summed E-state index contributed by atoms with van der Waals surface area (Å²) in [6, 6.07) is 8.34. The number of esters is 3. The lowest BCUT2D eigenvalue weighted by Gasteiger charge is -2.06. The standard InChI is InChI=1S/C26H27NO8S/c1-5-32-22(29)15-35-19-10-8-17(9-11-19)12-18(14-27)20(28)13-21-23(25(30)33-6-2)16(4)24(36-21)26(31)34-7-3/h8-12H,5-7,13,15H2,1-4H3/b18-12+. The first-order chi connectivity index (χ1) is 17.2. The molecule has 190 valence electrons. The Hall–Kier alpha value is -3.97. The lowest BCUT2D eigenvalue weighted by molar-refractivity contribution is -0.145. The second-order valence-electron chi connectivity index (χ2n) is 7.23. The van der Waals surface area contributed by atoms with Crippen LogP contribution in [0.1, 0.15) is 56.8 Å². The third kappa shape index (κ3) is 7.52. The van der Waals surface area contributed by atoms with Gasteiger partial charge in [-0.25, -0.2) is 14.4 Å². The van der Waals surface area contributed by atoms with Gasteiger partial charge in [0.2, 0.25) is 0 Å². The molecule has 0 saturated carbocycles. The number of benzene rings is 1. The van der Waals surface area contributed by atoms with Crippen molar-refractivity contribution in [3.8, 4) is 11.8 Å². The Balaban J connectivity index is 2.26. The molecule has 0 atom stereocenters. The van der Waals surface area contributed by atoms with Crippen LogP contribution in [-0.4, -0.2) is 50.1 Å². The average molecular weight is 514 g/mol. The first-order valence-corrected chi connectivity index (χ1v) is 12.1. The van der Waals surface area contributed by atoms with E-state index in [2.05, 4.69) is 0 Å². The van der Waals surface area contributed by atoms with Crippen LogP contribution in [0.15, 0.2) is 29.8 Å². The second kappa shape index (κ2) is 13.8. The number of nitrogens with zero attached hydrogens (tertiary/aromatic N) is 1. The summed E-state index contributed by atoms with van der Waals surface area (Å²) in [6.07, 6.45) is 1.15. The van der Waals surface area contributed by atoms with E-state index in [0.29, 0.717) is 21.8 Å². The Morgan fingerprint density at radius 3 is 2.14 bits per heavy atom. The Bertz CT molecular complexity index is 1190. The van der Waals surface area contributed by atoms with Gasteiger partial charge in [0.25, 0.3) is 0 Å². The van der Waals surface area contributed by atoms with E-state index in [9.17, 15) is 24.4 Å². The Morgan fingerprint density at radius 2 is 1.56 bits per heavy atom. The lowest BCUT2D eigenvalue weighted by atomic mass is 10.0.